The molecule has 2 rings (SSSR count). The number of aliphatic hydroxyl groups excluding tert-OH is 1. The Kier molecular flexibility index (Phi) is 5.57. The highest BCUT2D eigenvalue weighted by Gasteiger charge is 2.12. The molecular formula is C18H18N2O4. The third kappa shape index (κ3) is 4.36. The largest absolute Gasteiger partial charge is 0.480 e. The lowest BCUT2D eigenvalue weighted by atomic mass is 10.1. The number of rotatable bonds is 6. The smallest absolute Gasteiger partial charge is 0.299 e. The first-order chi connectivity index (χ1) is 11.5. The highest BCUT2D eigenvalue weighted by molar-refractivity contribution is 5.64. The Morgan fingerprint density at radius 2 is 1.88 bits per heavy atom. The molecular weight excluding hydrogens is 308 g/mol. The number of likely N-dealkylation sites (N-methyl/N-ethyl adjacent to an activating group) is 1. The third-order valence-corrected chi connectivity index (χ3v) is 3.41. The van der Waals surface area contributed by atoms with Gasteiger partial charge in [0.05, 0.1) is 4.92 Å². The van der Waals surface area contributed by atoms with E-state index in [1.54, 1.807) is 48.4 Å². The van der Waals surface area contributed by atoms with Gasteiger partial charge in [-0.25, -0.2) is 0 Å². The molecule has 6 nitrogen and oxygen atoms in total. The number of non-ortho nitro benzene ring substituents is 1. The number of benzene rings is 2. The Morgan fingerprint density at radius 3 is 2.50 bits per heavy atom. The highest BCUT2D eigenvalue weighted by Crippen LogP contribution is 2.20. The van der Waals surface area contributed by atoms with Crippen molar-refractivity contribution in [3.05, 3.63) is 87.9 Å². The van der Waals surface area contributed by atoms with Gasteiger partial charge in [-0.05, 0) is 5.56 Å². The topological polar surface area (TPSA) is 86.8 Å². The van der Waals surface area contributed by atoms with Crippen molar-refractivity contribution in [2.45, 2.75) is 0 Å². The molecule has 24 heavy (non-hydrogen) atoms. The van der Waals surface area contributed by atoms with Gasteiger partial charge in [-0.15, -0.1) is 0 Å². The summed E-state index contributed by atoms with van der Waals surface area (Å²) in [5.41, 5.74) is 1.72. The normalized spacial score (nSPS) is 10.5. The summed E-state index contributed by atoms with van der Waals surface area (Å²) in [5.74, 6) is -0.757. The standard InChI is InChI=1S/C18H18N2O4/c1-19(17(18(21)22)15-9-3-2-4-10-15)12-6-8-14-7-5-11-16(13-14)20(23)24/h2-11,13,21-22H,12H2,1H3/b8-6+. The zero-order chi connectivity index (χ0) is 17.5. The van der Waals surface area contributed by atoms with Crippen molar-refractivity contribution in [1.29, 1.82) is 0 Å². The second-order valence-corrected chi connectivity index (χ2v) is 5.17. The Balaban J connectivity index is 2.11. The van der Waals surface area contributed by atoms with E-state index in [2.05, 4.69) is 0 Å². The van der Waals surface area contributed by atoms with E-state index in [1.165, 1.54) is 12.1 Å². The molecule has 0 saturated heterocycles. The summed E-state index contributed by atoms with van der Waals surface area (Å²) < 4.78 is 0. The molecule has 0 radical (unpaired) electrons. The maximum Gasteiger partial charge on any atom is 0.299 e. The van der Waals surface area contributed by atoms with Gasteiger partial charge in [0.15, 0.2) is 0 Å². The summed E-state index contributed by atoms with van der Waals surface area (Å²) in [5, 5.41) is 29.9. The van der Waals surface area contributed by atoms with E-state index in [1.807, 2.05) is 18.2 Å². The zero-order valence-corrected chi connectivity index (χ0v) is 13.2. The van der Waals surface area contributed by atoms with Gasteiger partial charge in [0, 0.05) is 31.3 Å². The van der Waals surface area contributed by atoms with E-state index in [4.69, 9.17) is 0 Å². The Morgan fingerprint density at radius 1 is 1.17 bits per heavy atom. The summed E-state index contributed by atoms with van der Waals surface area (Å²) in [6.07, 6.45) is 3.55. The first-order valence-corrected chi connectivity index (χ1v) is 7.29. The summed E-state index contributed by atoms with van der Waals surface area (Å²) in [4.78, 5) is 12.0. The quantitative estimate of drug-likeness (QED) is 0.476. The monoisotopic (exact) mass is 326 g/mol. The summed E-state index contributed by atoms with van der Waals surface area (Å²) in [6, 6.07) is 15.3. The van der Waals surface area contributed by atoms with Crippen LogP contribution in [0, 0.1) is 10.1 Å². The van der Waals surface area contributed by atoms with Crippen LogP contribution in [0.25, 0.3) is 11.8 Å². The Bertz CT molecular complexity index is 766. The van der Waals surface area contributed by atoms with Gasteiger partial charge in [-0.3, -0.25) is 10.1 Å². The first kappa shape index (κ1) is 17.1. The molecule has 0 heterocycles. The number of hydrogen-bond acceptors (Lipinski definition) is 5. The van der Waals surface area contributed by atoms with E-state index in [0.717, 1.165) is 0 Å². The predicted molar refractivity (Wildman–Crippen MR) is 93.4 cm³/mol. The van der Waals surface area contributed by atoms with Crippen LogP contribution in [0.15, 0.2) is 66.6 Å². The van der Waals surface area contributed by atoms with Crippen LogP contribution in [0.2, 0.25) is 0 Å². The minimum Gasteiger partial charge on any atom is -0.480 e. The molecule has 124 valence electrons. The number of hydrogen-bond donors (Lipinski definition) is 2. The van der Waals surface area contributed by atoms with Crippen molar-refractivity contribution in [2.24, 2.45) is 0 Å². The van der Waals surface area contributed by atoms with E-state index in [0.29, 0.717) is 23.4 Å². The van der Waals surface area contributed by atoms with Crippen LogP contribution in [-0.4, -0.2) is 33.6 Å². The lowest BCUT2D eigenvalue weighted by Crippen LogP contribution is -2.18. The lowest BCUT2D eigenvalue weighted by molar-refractivity contribution is -0.384. The molecule has 0 aliphatic heterocycles. The maximum absolute atomic E-state index is 10.8. The summed E-state index contributed by atoms with van der Waals surface area (Å²) >= 11 is 0. The van der Waals surface area contributed by atoms with E-state index in [-0.39, 0.29) is 5.69 Å². The number of nitro benzene ring substituents is 1. The van der Waals surface area contributed by atoms with Gasteiger partial charge in [0.25, 0.3) is 11.6 Å². The zero-order valence-electron chi connectivity index (χ0n) is 13.2. The third-order valence-electron chi connectivity index (χ3n) is 3.41. The summed E-state index contributed by atoms with van der Waals surface area (Å²) in [6.45, 7) is 0.400. The Labute approximate surface area is 139 Å². The van der Waals surface area contributed by atoms with Gasteiger partial charge < -0.3 is 15.1 Å². The average Bonchev–Trinajstić information content (AvgIpc) is 2.56. The van der Waals surface area contributed by atoms with Crippen molar-refractivity contribution in [3.63, 3.8) is 0 Å². The number of nitro groups is 1. The maximum atomic E-state index is 10.8. The molecule has 2 aromatic carbocycles. The van der Waals surface area contributed by atoms with Crippen LogP contribution >= 0.6 is 0 Å². The average molecular weight is 326 g/mol. The number of nitrogens with zero attached hydrogens (tertiary/aromatic N) is 2. The predicted octanol–water partition coefficient (Wildman–Crippen LogP) is 3.98. The molecule has 0 bridgehead atoms. The molecule has 0 aliphatic carbocycles. The molecule has 0 atom stereocenters. The van der Waals surface area contributed by atoms with Crippen molar-refractivity contribution in [3.8, 4) is 0 Å². The molecule has 2 N–H and O–H groups in total. The van der Waals surface area contributed by atoms with Crippen molar-refractivity contribution < 1.29 is 15.1 Å². The van der Waals surface area contributed by atoms with Crippen LogP contribution in [0.4, 0.5) is 5.69 Å². The molecule has 6 heteroatoms. The van der Waals surface area contributed by atoms with Crippen LogP contribution in [0.5, 0.6) is 0 Å². The van der Waals surface area contributed by atoms with Crippen molar-refractivity contribution in [1.82, 2.24) is 4.90 Å². The van der Waals surface area contributed by atoms with Gasteiger partial charge in [-0.1, -0.05) is 54.6 Å². The first-order valence-electron chi connectivity index (χ1n) is 7.29. The fourth-order valence-electron chi connectivity index (χ4n) is 2.30. The molecule has 2 aromatic rings. The second kappa shape index (κ2) is 7.82. The van der Waals surface area contributed by atoms with Crippen LogP contribution in [0.1, 0.15) is 11.1 Å². The minimum absolute atomic E-state index is 0.0309. The van der Waals surface area contributed by atoms with Crippen LogP contribution in [0.3, 0.4) is 0 Å². The highest BCUT2D eigenvalue weighted by atomic mass is 16.6. The van der Waals surface area contributed by atoms with E-state index in [9.17, 15) is 20.3 Å². The van der Waals surface area contributed by atoms with Crippen molar-refractivity contribution >= 4 is 17.5 Å². The SMILES string of the molecule is CN(C/C=C/c1cccc([N+](=O)[O-])c1)C(=C(O)O)c1ccccc1. The van der Waals surface area contributed by atoms with E-state index < -0.39 is 10.9 Å². The lowest BCUT2D eigenvalue weighted by Gasteiger charge is -2.20. The van der Waals surface area contributed by atoms with E-state index >= 15 is 0 Å². The van der Waals surface area contributed by atoms with Gasteiger partial charge in [0.1, 0.15) is 5.70 Å². The molecule has 0 amide bonds. The molecule has 0 saturated carbocycles. The molecule has 0 aromatic heterocycles. The van der Waals surface area contributed by atoms with Gasteiger partial charge in [-0.2, -0.15) is 0 Å². The minimum atomic E-state index is -0.757. The van der Waals surface area contributed by atoms with Crippen LogP contribution in [-0.2, 0) is 0 Å². The summed E-state index contributed by atoms with van der Waals surface area (Å²) in [7, 11) is 1.73. The molecule has 0 fully saturated rings. The molecule has 0 spiro atoms. The fraction of sp³-hybridized carbons (Fsp3) is 0.111. The number of aliphatic hydroxyl groups is 2. The molecule has 0 aliphatic rings. The fourth-order valence-corrected chi connectivity index (χ4v) is 2.30. The van der Waals surface area contributed by atoms with Crippen LogP contribution < -0.4 is 0 Å². The van der Waals surface area contributed by atoms with Gasteiger partial charge in [0.2, 0.25) is 0 Å². The molecule has 0 unspecified atom stereocenters. The second-order valence-electron chi connectivity index (χ2n) is 5.17. The van der Waals surface area contributed by atoms with Crippen molar-refractivity contribution in [2.75, 3.05) is 13.6 Å². The van der Waals surface area contributed by atoms with Gasteiger partial charge >= 0.3 is 0 Å². The Hall–Kier alpha value is -3.28.